The minimum absolute atomic E-state index is 0.470. The van der Waals surface area contributed by atoms with Crippen molar-refractivity contribution in [1.82, 2.24) is 10.2 Å². The molecule has 106 valence electrons. The molecule has 0 radical (unpaired) electrons. The van der Waals surface area contributed by atoms with Crippen LogP contribution < -0.4 is 5.32 Å². The van der Waals surface area contributed by atoms with Crippen LogP contribution in [0, 0.1) is 5.41 Å². The Kier molecular flexibility index (Phi) is 4.71. The number of rotatable bonds is 5. The van der Waals surface area contributed by atoms with Crippen LogP contribution in [0.1, 0.15) is 66.2 Å². The molecule has 2 nitrogen and oxygen atoms in total. The van der Waals surface area contributed by atoms with Gasteiger partial charge in [0.05, 0.1) is 0 Å². The van der Waals surface area contributed by atoms with Gasteiger partial charge in [-0.2, -0.15) is 0 Å². The summed E-state index contributed by atoms with van der Waals surface area (Å²) in [6.07, 6.45) is 8.23. The standard InChI is InChI=1S/C16H32N2/c1-5-9-18(10-8-16(2,3)4)15-11-13-6-7-14(12-15)17-13/h13-15,17H,5-12H2,1-4H3. The van der Waals surface area contributed by atoms with E-state index in [1.165, 1.54) is 51.6 Å². The third-order valence-corrected chi connectivity index (χ3v) is 4.62. The Hall–Kier alpha value is -0.0800. The summed E-state index contributed by atoms with van der Waals surface area (Å²) in [6, 6.07) is 2.50. The molecule has 2 bridgehead atoms. The van der Waals surface area contributed by atoms with Gasteiger partial charge in [0.2, 0.25) is 0 Å². The molecule has 2 aliphatic heterocycles. The van der Waals surface area contributed by atoms with E-state index < -0.39 is 0 Å². The van der Waals surface area contributed by atoms with Crippen molar-refractivity contribution in [1.29, 1.82) is 0 Å². The van der Waals surface area contributed by atoms with Crippen molar-refractivity contribution >= 4 is 0 Å². The molecule has 0 aromatic rings. The lowest BCUT2D eigenvalue weighted by Crippen LogP contribution is -2.49. The molecule has 0 amide bonds. The van der Waals surface area contributed by atoms with E-state index in [0.717, 1.165) is 18.1 Å². The highest BCUT2D eigenvalue weighted by Crippen LogP contribution is 2.30. The molecule has 0 aliphatic carbocycles. The van der Waals surface area contributed by atoms with Crippen molar-refractivity contribution in [3.8, 4) is 0 Å². The first-order valence-electron chi connectivity index (χ1n) is 7.98. The molecule has 2 unspecified atom stereocenters. The third-order valence-electron chi connectivity index (χ3n) is 4.62. The topological polar surface area (TPSA) is 15.3 Å². The van der Waals surface area contributed by atoms with Crippen LogP contribution in [0.15, 0.2) is 0 Å². The number of hydrogen-bond acceptors (Lipinski definition) is 2. The summed E-state index contributed by atoms with van der Waals surface area (Å²) < 4.78 is 0. The van der Waals surface area contributed by atoms with Crippen LogP contribution >= 0.6 is 0 Å². The average Bonchev–Trinajstić information content (AvgIpc) is 2.62. The normalized spacial score (nSPS) is 32.2. The van der Waals surface area contributed by atoms with E-state index in [9.17, 15) is 0 Å². The van der Waals surface area contributed by atoms with Gasteiger partial charge in [-0.05, 0) is 57.0 Å². The second-order valence-electron chi connectivity index (χ2n) is 7.61. The Labute approximate surface area is 114 Å². The molecule has 2 fully saturated rings. The summed E-state index contributed by atoms with van der Waals surface area (Å²) in [5, 5.41) is 3.76. The molecule has 0 aromatic heterocycles. The molecule has 0 spiro atoms. The minimum atomic E-state index is 0.470. The fourth-order valence-electron chi connectivity index (χ4n) is 3.57. The first kappa shape index (κ1) is 14.3. The first-order chi connectivity index (χ1) is 8.48. The number of fused-ring (bicyclic) bond motifs is 2. The maximum atomic E-state index is 3.76. The number of nitrogens with one attached hydrogen (secondary N) is 1. The van der Waals surface area contributed by atoms with E-state index in [2.05, 4.69) is 37.9 Å². The van der Waals surface area contributed by atoms with Crippen LogP contribution in [0.2, 0.25) is 0 Å². The summed E-state index contributed by atoms with van der Waals surface area (Å²) in [7, 11) is 0. The Morgan fingerprint density at radius 1 is 1.06 bits per heavy atom. The third kappa shape index (κ3) is 3.96. The highest BCUT2D eigenvalue weighted by Gasteiger charge is 2.35. The van der Waals surface area contributed by atoms with Crippen molar-refractivity contribution in [3.63, 3.8) is 0 Å². The fraction of sp³-hybridized carbons (Fsp3) is 1.00. The fourth-order valence-corrected chi connectivity index (χ4v) is 3.57. The van der Waals surface area contributed by atoms with Gasteiger partial charge in [0.15, 0.2) is 0 Å². The SMILES string of the molecule is CCCN(CCC(C)(C)C)C1CC2CCC(C1)N2. The molecule has 1 N–H and O–H groups in total. The van der Waals surface area contributed by atoms with Gasteiger partial charge in [0.1, 0.15) is 0 Å². The first-order valence-corrected chi connectivity index (χ1v) is 7.98. The summed E-state index contributed by atoms with van der Waals surface area (Å²) in [5.74, 6) is 0. The summed E-state index contributed by atoms with van der Waals surface area (Å²) in [5.41, 5.74) is 0.470. The highest BCUT2D eigenvalue weighted by atomic mass is 15.2. The predicted molar refractivity (Wildman–Crippen MR) is 78.9 cm³/mol. The largest absolute Gasteiger partial charge is 0.311 e. The maximum absolute atomic E-state index is 3.76. The molecule has 0 saturated carbocycles. The maximum Gasteiger partial charge on any atom is 0.0125 e. The zero-order chi connectivity index (χ0) is 13.2. The second-order valence-corrected chi connectivity index (χ2v) is 7.61. The van der Waals surface area contributed by atoms with Crippen molar-refractivity contribution < 1.29 is 0 Å². The van der Waals surface area contributed by atoms with Crippen LogP contribution in [0.4, 0.5) is 0 Å². The molecule has 0 aromatic carbocycles. The molecule has 2 atom stereocenters. The van der Waals surface area contributed by atoms with Crippen LogP contribution in [-0.2, 0) is 0 Å². The van der Waals surface area contributed by atoms with Gasteiger partial charge < -0.3 is 10.2 Å². The summed E-state index contributed by atoms with van der Waals surface area (Å²) >= 11 is 0. The van der Waals surface area contributed by atoms with E-state index in [1.54, 1.807) is 0 Å². The molecular formula is C16H32N2. The lowest BCUT2D eigenvalue weighted by molar-refractivity contribution is 0.125. The number of hydrogen-bond donors (Lipinski definition) is 1. The Bertz CT molecular complexity index is 244. The van der Waals surface area contributed by atoms with Crippen LogP contribution in [0.3, 0.4) is 0 Å². The zero-order valence-corrected chi connectivity index (χ0v) is 12.8. The van der Waals surface area contributed by atoms with E-state index in [4.69, 9.17) is 0 Å². The zero-order valence-electron chi connectivity index (χ0n) is 12.8. The quantitative estimate of drug-likeness (QED) is 0.806. The molecule has 18 heavy (non-hydrogen) atoms. The number of piperidine rings is 1. The van der Waals surface area contributed by atoms with Crippen LogP contribution in [0.25, 0.3) is 0 Å². The van der Waals surface area contributed by atoms with Crippen molar-refractivity contribution in [2.75, 3.05) is 13.1 Å². The Morgan fingerprint density at radius 2 is 1.67 bits per heavy atom. The van der Waals surface area contributed by atoms with Crippen molar-refractivity contribution in [2.24, 2.45) is 5.41 Å². The van der Waals surface area contributed by atoms with Crippen molar-refractivity contribution in [3.05, 3.63) is 0 Å². The van der Waals surface area contributed by atoms with Gasteiger partial charge in [-0.1, -0.05) is 27.7 Å². The molecule has 2 heteroatoms. The van der Waals surface area contributed by atoms with Gasteiger partial charge in [-0.25, -0.2) is 0 Å². The van der Waals surface area contributed by atoms with Crippen LogP contribution in [-0.4, -0.2) is 36.1 Å². The lowest BCUT2D eigenvalue weighted by Gasteiger charge is -2.39. The van der Waals surface area contributed by atoms with Gasteiger partial charge in [0.25, 0.3) is 0 Å². The Balaban J connectivity index is 1.88. The van der Waals surface area contributed by atoms with Gasteiger partial charge in [0, 0.05) is 18.1 Å². The van der Waals surface area contributed by atoms with Crippen LogP contribution in [0.5, 0.6) is 0 Å². The summed E-state index contributed by atoms with van der Waals surface area (Å²) in [4.78, 5) is 2.79. The molecule has 2 saturated heterocycles. The Morgan fingerprint density at radius 3 is 2.17 bits per heavy atom. The smallest absolute Gasteiger partial charge is 0.0125 e. The molecule has 2 heterocycles. The van der Waals surface area contributed by atoms with E-state index in [1.807, 2.05) is 0 Å². The molecule has 2 rings (SSSR count). The van der Waals surface area contributed by atoms with E-state index >= 15 is 0 Å². The van der Waals surface area contributed by atoms with E-state index in [-0.39, 0.29) is 0 Å². The van der Waals surface area contributed by atoms with Gasteiger partial charge in [-0.3, -0.25) is 0 Å². The average molecular weight is 252 g/mol. The predicted octanol–water partition coefficient (Wildman–Crippen LogP) is 3.42. The second kappa shape index (κ2) is 5.92. The number of nitrogens with zero attached hydrogens (tertiary/aromatic N) is 1. The van der Waals surface area contributed by atoms with Crippen molar-refractivity contribution in [2.45, 2.75) is 84.3 Å². The van der Waals surface area contributed by atoms with Gasteiger partial charge in [-0.15, -0.1) is 0 Å². The highest BCUT2D eigenvalue weighted by molar-refractivity contribution is 4.95. The molecule has 2 aliphatic rings. The lowest BCUT2D eigenvalue weighted by atomic mass is 9.91. The molecular weight excluding hydrogens is 220 g/mol. The van der Waals surface area contributed by atoms with Gasteiger partial charge >= 0.3 is 0 Å². The minimum Gasteiger partial charge on any atom is -0.311 e. The van der Waals surface area contributed by atoms with E-state index in [0.29, 0.717) is 5.41 Å². The monoisotopic (exact) mass is 252 g/mol. The summed E-state index contributed by atoms with van der Waals surface area (Å²) in [6.45, 7) is 12.0.